The van der Waals surface area contributed by atoms with E-state index in [0.29, 0.717) is 19.4 Å². The van der Waals surface area contributed by atoms with Gasteiger partial charge in [0.05, 0.1) is 19.6 Å². The molecule has 2 fully saturated rings. The van der Waals surface area contributed by atoms with E-state index in [9.17, 15) is 9.59 Å². The van der Waals surface area contributed by atoms with Crippen molar-refractivity contribution >= 4 is 11.9 Å². The highest BCUT2D eigenvalue weighted by Crippen LogP contribution is 2.28. The van der Waals surface area contributed by atoms with Gasteiger partial charge in [0.25, 0.3) is 0 Å². The molecule has 142 valence electrons. The van der Waals surface area contributed by atoms with Crippen LogP contribution < -0.4 is 15.6 Å². The van der Waals surface area contributed by atoms with Crippen LogP contribution in [0, 0.1) is 0 Å². The van der Waals surface area contributed by atoms with Crippen molar-refractivity contribution in [1.29, 1.82) is 0 Å². The van der Waals surface area contributed by atoms with Crippen molar-refractivity contribution in [3.05, 3.63) is 29.8 Å². The van der Waals surface area contributed by atoms with E-state index in [1.807, 2.05) is 24.3 Å². The minimum absolute atomic E-state index is 0.00797. The molecule has 8 heteroatoms. The van der Waals surface area contributed by atoms with Crippen molar-refractivity contribution in [1.82, 2.24) is 15.8 Å². The first-order valence-corrected chi connectivity index (χ1v) is 8.72. The fourth-order valence-electron chi connectivity index (χ4n) is 3.68. The third-order valence-corrected chi connectivity index (χ3v) is 5.12. The number of hydrogen-bond acceptors (Lipinski definition) is 6. The van der Waals surface area contributed by atoms with Crippen LogP contribution in [0.5, 0.6) is 5.75 Å². The van der Waals surface area contributed by atoms with Gasteiger partial charge in [0.15, 0.2) is 0 Å². The van der Waals surface area contributed by atoms with Gasteiger partial charge in [0.2, 0.25) is 5.91 Å². The lowest BCUT2D eigenvalue weighted by atomic mass is 10.0. The molecule has 3 N–H and O–H groups in total. The van der Waals surface area contributed by atoms with Crippen molar-refractivity contribution < 1.29 is 24.2 Å². The van der Waals surface area contributed by atoms with Crippen LogP contribution in [0.4, 0.5) is 0 Å². The minimum Gasteiger partial charge on any atom is -0.497 e. The molecule has 4 unspecified atom stereocenters. The molecular formula is C18H25N3O5. The molecule has 0 aliphatic carbocycles. The van der Waals surface area contributed by atoms with Gasteiger partial charge in [-0.05, 0) is 30.5 Å². The largest absolute Gasteiger partial charge is 0.497 e. The van der Waals surface area contributed by atoms with E-state index in [-0.39, 0.29) is 30.5 Å². The molecular weight excluding hydrogens is 338 g/mol. The molecule has 2 aliphatic heterocycles. The third kappa shape index (κ3) is 3.98. The number of aliphatic carboxylic acids is 1. The molecule has 0 aromatic heterocycles. The number of carboxylic acid groups (broad SMARTS) is 1. The molecule has 2 heterocycles. The first-order chi connectivity index (χ1) is 12.5. The molecule has 1 aromatic carbocycles. The summed E-state index contributed by atoms with van der Waals surface area (Å²) in [6.45, 7) is 0.429. The van der Waals surface area contributed by atoms with E-state index in [1.165, 1.54) is 0 Å². The van der Waals surface area contributed by atoms with Crippen LogP contribution in [0.15, 0.2) is 24.3 Å². The number of hydrogen-bond donors (Lipinski definition) is 3. The summed E-state index contributed by atoms with van der Waals surface area (Å²) < 4.78 is 10.5. The van der Waals surface area contributed by atoms with Gasteiger partial charge < -0.3 is 19.5 Å². The van der Waals surface area contributed by atoms with Crippen LogP contribution >= 0.6 is 0 Å². The van der Waals surface area contributed by atoms with Crippen LogP contribution in [-0.2, 0) is 14.3 Å². The van der Waals surface area contributed by atoms with Crippen molar-refractivity contribution in [2.45, 2.75) is 43.5 Å². The summed E-state index contributed by atoms with van der Waals surface area (Å²) in [7, 11) is 3.21. The Morgan fingerprint density at radius 2 is 1.92 bits per heavy atom. The van der Waals surface area contributed by atoms with Crippen molar-refractivity contribution in [3.63, 3.8) is 0 Å². The fourth-order valence-corrected chi connectivity index (χ4v) is 3.68. The van der Waals surface area contributed by atoms with Crippen LogP contribution in [-0.4, -0.2) is 60.8 Å². The van der Waals surface area contributed by atoms with Crippen LogP contribution in [0.1, 0.15) is 30.9 Å². The number of nitrogens with one attached hydrogen (secondary N) is 2. The topological polar surface area (TPSA) is 100 Å². The lowest BCUT2D eigenvalue weighted by Gasteiger charge is -2.26. The maximum atomic E-state index is 12.9. The summed E-state index contributed by atoms with van der Waals surface area (Å²) >= 11 is 0. The van der Waals surface area contributed by atoms with Crippen molar-refractivity contribution in [3.8, 4) is 5.75 Å². The predicted octanol–water partition coefficient (Wildman–Crippen LogP) is 0.693. The van der Waals surface area contributed by atoms with Crippen LogP contribution in [0.25, 0.3) is 0 Å². The number of amides is 1. The Bertz CT molecular complexity index is 651. The number of hydrazine groups is 1. The monoisotopic (exact) mass is 363 g/mol. The molecule has 2 aliphatic rings. The molecule has 26 heavy (non-hydrogen) atoms. The lowest BCUT2D eigenvalue weighted by molar-refractivity contribution is -0.140. The smallest absolute Gasteiger partial charge is 0.305 e. The molecule has 0 bridgehead atoms. The zero-order chi connectivity index (χ0) is 18.7. The van der Waals surface area contributed by atoms with Gasteiger partial charge in [-0.15, -0.1) is 0 Å². The van der Waals surface area contributed by atoms with Gasteiger partial charge in [-0.25, -0.2) is 10.9 Å². The summed E-state index contributed by atoms with van der Waals surface area (Å²) in [4.78, 5) is 25.7. The Morgan fingerprint density at radius 1 is 1.19 bits per heavy atom. The summed E-state index contributed by atoms with van der Waals surface area (Å²) in [5, 5.41) is 9.11. The minimum atomic E-state index is -0.904. The Hall–Kier alpha value is -2.16. The standard InChI is InChI=1S/C18H25N3O5/c1-25-13-5-3-11(4-6-13)15-9-16(20-19-15)18(24)21-10-14(26-2)7-12(21)8-17(22)23/h3-6,12,14-16,19-20H,7-10H2,1-2H3,(H,22,23). The summed E-state index contributed by atoms with van der Waals surface area (Å²) in [5.74, 6) is -0.205. The molecule has 3 rings (SSSR count). The van der Waals surface area contributed by atoms with Gasteiger partial charge >= 0.3 is 5.97 Å². The molecule has 0 spiro atoms. The van der Waals surface area contributed by atoms with Crippen LogP contribution in [0.2, 0.25) is 0 Å². The highest BCUT2D eigenvalue weighted by atomic mass is 16.5. The number of rotatable bonds is 6. The lowest BCUT2D eigenvalue weighted by Crippen LogP contribution is -2.48. The SMILES string of the molecule is COc1ccc(C2CC(C(=O)N3CC(OC)CC3CC(=O)O)NN2)cc1. The Labute approximate surface area is 152 Å². The van der Waals surface area contributed by atoms with E-state index in [4.69, 9.17) is 14.6 Å². The molecule has 2 saturated heterocycles. The van der Waals surface area contributed by atoms with E-state index < -0.39 is 12.0 Å². The maximum Gasteiger partial charge on any atom is 0.305 e. The molecule has 1 aromatic rings. The number of carbonyl (C=O) groups excluding carboxylic acids is 1. The third-order valence-electron chi connectivity index (χ3n) is 5.12. The van der Waals surface area contributed by atoms with E-state index in [1.54, 1.807) is 19.1 Å². The second kappa shape index (κ2) is 8.03. The summed E-state index contributed by atoms with van der Waals surface area (Å²) in [6, 6.07) is 7.00. The average molecular weight is 363 g/mol. The number of nitrogens with zero attached hydrogens (tertiary/aromatic N) is 1. The number of carboxylic acids is 1. The number of ether oxygens (including phenoxy) is 2. The van der Waals surface area contributed by atoms with Crippen LogP contribution in [0.3, 0.4) is 0 Å². The molecule has 1 amide bonds. The van der Waals surface area contributed by atoms with Gasteiger partial charge in [0, 0.05) is 25.7 Å². The zero-order valence-corrected chi connectivity index (χ0v) is 15.0. The summed E-state index contributed by atoms with van der Waals surface area (Å²) in [5.41, 5.74) is 7.28. The molecule has 4 atom stereocenters. The maximum absolute atomic E-state index is 12.9. The fraction of sp³-hybridized carbons (Fsp3) is 0.556. The predicted molar refractivity (Wildman–Crippen MR) is 93.6 cm³/mol. The first-order valence-electron chi connectivity index (χ1n) is 8.72. The molecule has 8 nitrogen and oxygen atoms in total. The highest BCUT2D eigenvalue weighted by molar-refractivity contribution is 5.83. The summed E-state index contributed by atoms with van der Waals surface area (Å²) in [6.07, 6.45) is 0.971. The highest BCUT2D eigenvalue weighted by Gasteiger charge is 2.41. The van der Waals surface area contributed by atoms with Crippen molar-refractivity contribution in [2.75, 3.05) is 20.8 Å². The Kier molecular flexibility index (Phi) is 5.75. The zero-order valence-electron chi connectivity index (χ0n) is 15.0. The normalized spacial score (nSPS) is 28.3. The quantitative estimate of drug-likeness (QED) is 0.684. The Morgan fingerprint density at radius 3 is 2.54 bits per heavy atom. The number of carbonyl (C=O) groups is 2. The average Bonchev–Trinajstić information content (AvgIpc) is 3.28. The molecule has 0 radical (unpaired) electrons. The number of methoxy groups -OCH3 is 2. The second-order valence-electron chi connectivity index (χ2n) is 6.74. The number of benzene rings is 1. The number of likely N-dealkylation sites (tertiary alicyclic amines) is 1. The second-order valence-corrected chi connectivity index (χ2v) is 6.74. The van der Waals surface area contributed by atoms with Gasteiger partial charge in [-0.1, -0.05) is 12.1 Å². The van der Waals surface area contributed by atoms with E-state index >= 15 is 0 Å². The van der Waals surface area contributed by atoms with Gasteiger partial charge in [0.1, 0.15) is 11.8 Å². The van der Waals surface area contributed by atoms with Crippen molar-refractivity contribution in [2.24, 2.45) is 0 Å². The first kappa shape index (κ1) is 18.6. The van der Waals surface area contributed by atoms with Gasteiger partial charge in [-0.3, -0.25) is 9.59 Å². The van der Waals surface area contributed by atoms with E-state index in [2.05, 4.69) is 10.9 Å². The van der Waals surface area contributed by atoms with E-state index in [0.717, 1.165) is 11.3 Å². The molecule has 0 saturated carbocycles. The Balaban J connectivity index is 1.65. The van der Waals surface area contributed by atoms with Gasteiger partial charge in [-0.2, -0.15) is 0 Å².